The third kappa shape index (κ3) is 4.19. The molecule has 6 nitrogen and oxygen atoms in total. The summed E-state index contributed by atoms with van der Waals surface area (Å²) in [4.78, 5) is 4.76. The number of nitrogens with zero attached hydrogens (tertiary/aromatic N) is 3. The molecule has 0 aliphatic heterocycles. The van der Waals surface area contributed by atoms with Crippen LogP contribution in [-0.4, -0.2) is 29.7 Å². The molecule has 4 aromatic rings. The van der Waals surface area contributed by atoms with Crippen molar-refractivity contribution in [2.75, 3.05) is 0 Å². The first-order valence-corrected chi connectivity index (χ1v) is 15.1. The summed E-state index contributed by atoms with van der Waals surface area (Å²) < 4.78 is 70.1. The maximum atomic E-state index is 13.4. The molecule has 0 radical (unpaired) electrons. The van der Waals surface area contributed by atoms with Crippen LogP contribution in [0.1, 0.15) is 48.4 Å². The van der Waals surface area contributed by atoms with Gasteiger partial charge in [-0.3, -0.25) is 4.98 Å². The molecule has 0 bridgehead atoms. The Labute approximate surface area is 240 Å². The fraction of sp³-hybridized carbons (Fsp3) is 0.267. The number of hydrogen-bond donors (Lipinski definition) is 2. The number of allylic oxidation sites excluding steroid dienone is 1. The van der Waals surface area contributed by atoms with Crippen LogP contribution in [-0.2, 0) is 10.0 Å². The zero-order chi connectivity index (χ0) is 28.7. The van der Waals surface area contributed by atoms with Crippen molar-refractivity contribution in [1.29, 1.82) is 5.26 Å². The molecule has 1 unspecified atom stereocenters. The minimum absolute atomic E-state index is 0.207. The average molecular weight is 593 g/mol. The first-order chi connectivity index (χ1) is 19.5. The SMILES string of the molecule is N#Cc1c(-c2ccc(S(=O)(=O)NC3(C(F)(F)F)CC3)cn2)n(C2C(C3CC3)=Cc3ccccc32)c2cc(S)ccc12. The molecular weight excluding hydrogens is 569 g/mol. The molecule has 2 aromatic carbocycles. The topological polar surface area (TPSA) is 87.8 Å². The number of fused-ring (bicyclic) bond motifs is 2. The van der Waals surface area contributed by atoms with Crippen molar-refractivity contribution in [2.24, 2.45) is 5.92 Å². The Bertz CT molecular complexity index is 1910. The van der Waals surface area contributed by atoms with Gasteiger partial charge < -0.3 is 4.57 Å². The monoisotopic (exact) mass is 592 g/mol. The lowest BCUT2D eigenvalue weighted by atomic mass is 9.99. The second-order valence-electron chi connectivity index (χ2n) is 10.9. The van der Waals surface area contributed by atoms with Gasteiger partial charge in [-0.05, 0) is 72.6 Å². The number of pyridine rings is 1. The summed E-state index contributed by atoms with van der Waals surface area (Å²) in [7, 11) is -4.48. The van der Waals surface area contributed by atoms with Crippen LogP contribution in [0, 0.1) is 17.2 Å². The number of benzene rings is 2. The first-order valence-electron chi connectivity index (χ1n) is 13.2. The number of nitriles is 1. The molecule has 3 aliphatic rings. The zero-order valence-electron chi connectivity index (χ0n) is 21.5. The van der Waals surface area contributed by atoms with Crippen LogP contribution in [0.2, 0.25) is 0 Å². The molecule has 0 spiro atoms. The molecule has 7 rings (SSSR count). The van der Waals surface area contributed by atoms with E-state index >= 15 is 0 Å². The molecule has 11 heteroatoms. The van der Waals surface area contributed by atoms with E-state index in [-0.39, 0.29) is 23.8 Å². The van der Waals surface area contributed by atoms with Gasteiger partial charge in [-0.2, -0.15) is 23.2 Å². The third-order valence-electron chi connectivity index (χ3n) is 8.25. The Balaban J connectivity index is 1.39. The lowest BCUT2D eigenvalue weighted by molar-refractivity contribution is -0.160. The highest BCUT2D eigenvalue weighted by atomic mass is 32.2. The van der Waals surface area contributed by atoms with Crippen molar-refractivity contribution in [3.05, 3.63) is 83.1 Å². The van der Waals surface area contributed by atoms with Gasteiger partial charge in [-0.15, -0.1) is 12.6 Å². The van der Waals surface area contributed by atoms with Crippen LogP contribution < -0.4 is 4.72 Å². The van der Waals surface area contributed by atoms with E-state index in [2.05, 4.69) is 46.5 Å². The van der Waals surface area contributed by atoms with E-state index < -0.39 is 21.7 Å². The molecule has 2 saturated carbocycles. The molecule has 41 heavy (non-hydrogen) atoms. The van der Waals surface area contributed by atoms with Gasteiger partial charge >= 0.3 is 6.18 Å². The molecule has 2 fully saturated rings. The van der Waals surface area contributed by atoms with E-state index in [1.807, 2.05) is 35.1 Å². The predicted molar refractivity (Wildman–Crippen MR) is 151 cm³/mol. The maximum absolute atomic E-state index is 13.4. The van der Waals surface area contributed by atoms with Gasteiger partial charge in [0.1, 0.15) is 16.5 Å². The van der Waals surface area contributed by atoms with Crippen LogP contribution in [0.4, 0.5) is 13.2 Å². The van der Waals surface area contributed by atoms with Gasteiger partial charge in [-0.25, -0.2) is 8.42 Å². The second-order valence-corrected chi connectivity index (χ2v) is 13.1. The molecule has 1 atom stereocenters. The summed E-state index contributed by atoms with van der Waals surface area (Å²) >= 11 is 4.57. The molecular formula is C30H23F3N4O2S2. The van der Waals surface area contributed by atoms with Gasteiger partial charge in [0.05, 0.1) is 28.5 Å². The third-order valence-corrected chi connectivity index (χ3v) is 10.0. The number of halogens is 3. The molecule has 0 saturated heterocycles. The van der Waals surface area contributed by atoms with Crippen molar-refractivity contribution >= 4 is 39.6 Å². The Morgan fingerprint density at radius 1 is 1.10 bits per heavy atom. The number of aromatic nitrogens is 2. The Hall–Kier alpha value is -3.59. The van der Waals surface area contributed by atoms with Crippen molar-refractivity contribution in [3.63, 3.8) is 0 Å². The number of hydrogen-bond acceptors (Lipinski definition) is 5. The van der Waals surface area contributed by atoms with Crippen molar-refractivity contribution in [2.45, 2.75) is 53.2 Å². The highest BCUT2D eigenvalue weighted by molar-refractivity contribution is 7.89. The summed E-state index contributed by atoms with van der Waals surface area (Å²) in [6.45, 7) is 0. The molecule has 2 heterocycles. The lowest BCUT2D eigenvalue weighted by Crippen LogP contribution is -2.47. The zero-order valence-corrected chi connectivity index (χ0v) is 23.2. The van der Waals surface area contributed by atoms with Crippen LogP contribution >= 0.6 is 12.6 Å². The maximum Gasteiger partial charge on any atom is 0.407 e. The number of nitrogens with one attached hydrogen (secondary N) is 1. The number of rotatable bonds is 6. The molecule has 3 aliphatic carbocycles. The highest BCUT2D eigenvalue weighted by Gasteiger charge is 2.65. The number of alkyl halides is 3. The molecule has 0 amide bonds. The smallest absolute Gasteiger partial charge is 0.327 e. The first kappa shape index (κ1) is 26.3. The van der Waals surface area contributed by atoms with E-state index in [4.69, 9.17) is 0 Å². The average Bonchev–Trinajstić information content (AvgIpc) is 3.86. The lowest BCUT2D eigenvalue weighted by Gasteiger charge is -2.23. The van der Waals surface area contributed by atoms with E-state index in [1.54, 1.807) is 0 Å². The Morgan fingerprint density at radius 2 is 1.85 bits per heavy atom. The van der Waals surface area contributed by atoms with E-state index in [1.165, 1.54) is 17.7 Å². The largest absolute Gasteiger partial charge is 0.407 e. The second kappa shape index (κ2) is 8.95. The molecule has 208 valence electrons. The highest BCUT2D eigenvalue weighted by Crippen LogP contribution is 2.52. The summed E-state index contributed by atoms with van der Waals surface area (Å²) in [5, 5.41) is 11.1. The van der Waals surface area contributed by atoms with E-state index in [0.29, 0.717) is 28.3 Å². The van der Waals surface area contributed by atoms with Crippen molar-refractivity contribution in [3.8, 4) is 17.5 Å². The Morgan fingerprint density at radius 3 is 2.49 bits per heavy atom. The number of sulfonamides is 1. The van der Waals surface area contributed by atoms with Gasteiger partial charge in [0, 0.05) is 16.5 Å². The van der Waals surface area contributed by atoms with Crippen molar-refractivity contribution < 1.29 is 21.6 Å². The van der Waals surface area contributed by atoms with E-state index in [0.717, 1.165) is 40.6 Å². The van der Waals surface area contributed by atoms with Crippen LogP contribution in [0.25, 0.3) is 28.4 Å². The molecule has 2 aromatic heterocycles. The molecule has 1 N–H and O–H groups in total. The standard InChI is InChI=1S/C30H23F3N4O2S2/c31-30(32,33)29(11-12-29)36-41(38,39)20-8-10-25(35-16-20)28-24(15-34)22-9-7-19(40)14-26(22)37(28)27-21-4-2-1-3-18(21)13-23(27)17-5-6-17/h1-4,7-10,13-14,16-17,27,36,40H,5-6,11-12H2. The van der Waals surface area contributed by atoms with Gasteiger partial charge in [0.25, 0.3) is 0 Å². The van der Waals surface area contributed by atoms with Gasteiger partial charge in [0.2, 0.25) is 10.0 Å². The van der Waals surface area contributed by atoms with Gasteiger partial charge in [-0.1, -0.05) is 36.4 Å². The van der Waals surface area contributed by atoms with E-state index in [9.17, 15) is 26.9 Å². The Kier molecular flexibility index (Phi) is 5.75. The summed E-state index contributed by atoms with van der Waals surface area (Å²) in [5.74, 6) is 0.414. The summed E-state index contributed by atoms with van der Waals surface area (Å²) in [6, 6.07) is 18.5. The minimum Gasteiger partial charge on any atom is -0.327 e. The summed E-state index contributed by atoms with van der Waals surface area (Å²) in [5.41, 5.74) is 3.02. The van der Waals surface area contributed by atoms with Gasteiger partial charge in [0.15, 0.2) is 0 Å². The fourth-order valence-corrected chi connectivity index (χ4v) is 7.46. The van der Waals surface area contributed by atoms with Crippen LogP contribution in [0.5, 0.6) is 0 Å². The fourth-order valence-electron chi connectivity index (χ4n) is 5.87. The van der Waals surface area contributed by atoms with Crippen LogP contribution in [0.3, 0.4) is 0 Å². The van der Waals surface area contributed by atoms with Crippen molar-refractivity contribution in [1.82, 2.24) is 14.3 Å². The normalized spacial score (nSPS) is 19.6. The predicted octanol–water partition coefficient (Wildman–Crippen LogP) is 6.63. The minimum atomic E-state index is -4.69. The van der Waals surface area contributed by atoms with Crippen LogP contribution in [0.15, 0.2) is 76.2 Å². The quantitative estimate of drug-likeness (QED) is 0.246. The summed E-state index contributed by atoms with van der Waals surface area (Å²) in [6.07, 6.45) is 0.117. The number of thiol groups is 1.